The molecule has 1 nitrogen and oxygen atoms in total. The normalized spacial score (nSPS) is 32.3. The number of nitrogens with one attached hydrogen (secondary N) is 1. The van der Waals surface area contributed by atoms with Gasteiger partial charge in [-0.1, -0.05) is 41.8 Å². The maximum absolute atomic E-state index is 6.32. The first-order chi connectivity index (χ1) is 8.24. The van der Waals surface area contributed by atoms with Crippen LogP contribution in [0.3, 0.4) is 0 Å². The molecular formula is C14H17Cl2N. The maximum atomic E-state index is 6.32. The molecular weight excluding hydrogens is 253 g/mol. The van der Waals surface area contributed by atoms with Crippen LogP contribution in [0.2, 0.25) is 10.0 Å². The molecule has 0 amide bonds. The van der Waals surface area contributed by atoms with Gasteiger partial charge in [-0.05, 0) is 49.3 Å². The molecule has 0 saturated heterocycles. The van der Waals surface area contributed by atoms with E-state index < -0.39 is 0 Å². The Labute approximate surface area is 112 Å². The van der Waals surface area contributed by atoms with Crippen LogP contribution in [0.25, 0.3) is 0 Å². The molecule has 2 aliphatic carbocycles. The summed E-state index contributed by atoms with van der Waals surface area (Å²) in [6, 6.07) is 6.32. The Balaban J connectivity index is 1.88. The highest BCUT2D eigenvalue weighted by Crippen LogP contribution is 2.62. The zero-order valence-electron chi connectivity index (χ0n) is 9.92. The summed E-state index contributed by atoms with van der Waals surface area (Å²) in [6.07, 6.45) is 4.20. The van der Waals surface area contributed by atoms with Crippen molar-refractivity contribution in [3.8, 4) is 0 Å². The first-order valence-corrected chi connectivity index (χ1v) is 7.11. The van der Waals surface area contributed by atoms with Crippen molar-refractivity contribution >= 4 is 23.2 Å². The molecule has 1 N–H and O–H groups in total. The molecule has 92 valence electrons. The second-order valence-electron chi connectivity index (χ2n) is 5.25. The van der Waals surface area contributed by atoms with Crippen molar-refractivity contribution in [2.24, 2.45) is 17.8 Å². The largest absolute Gasteiger partial charge is 0.313 e. The van der Waals surface area contributed by atoms with Crippen LogP contribution < -0.4 is 5.32 Å². The van der Waals surface area contributed by atoms with Crippen molar-refractivity contribution in [1.29, 1.82) is 0 Å². The lowest BCUT2D eigenvalue weighted by Gasteiger charge is -2.20. The van der Waals surface area contributed by atoms with Crippen LogP contribution in [0.5, 0.6) is 0 Å². The average Bonchev–Trinajstić information content (AvgIpc) is 2.80. The summed E-state index contributed by atoms with van der Waals surface area (Å²) >= 11 is 12.4. The molecule has 3 heteroatoms. The molecule has 0 radical (unpaired) electrons. The molecule has 0 aliphatic heterocycles. The van der Waals surface area contributed by atoms with Crippen molar-refractivity contribution in [1.82, 2.24) is 5.32 Å². The van der Waals surface area contributed by atoms with E-state index in [9.17, 15) is 0 Å². The van der Waals surface area contributed by atoms with Gasteiger partial charge >= 0.3 is 0 Å². The molecule has 3 unspecified atom stereocenters. The molecule has 0 heterocycles. The van der Waals surface area contributed by atoms with E-state index in [1.807, 2.05) is 19.2 Å². The molecule has 17 heavy (non-hydrogen) atoms. The maximum Gasteiger partial charge on any atom is 0.0640 e. The Bertz CT molecular complexity index is 422. The summed E-state index contributed by atoms with van der Waals surface area (Å²) in [5.41, 5.74) is 1.17. The van der Waals surface area contributed by atoms with E-state index in [0.717, 1.165) is 22.8 Å². The molecule has 0 bridgehead atoms. The van der Waals surface area contributed by atoms with Crippen LogP contribution in [0.1, 0.15) is 30.9 Å². The topological polar surface area (TPSA) is 12.0 Å². The zero-order valence-corrected chi connectivity index (χ0v) is 11.4. The number of hydrogen-bond donors (Lipinski definition) is 1. The molecule has 1 aromatic rings. The van der Waals surface area contributed by atoms with E-state index in [4.69, 9.17) is 23.2 Å². The molecule has 2 fully saturated rings. The highest BCUT2D eigenvalue weighted by atomic mass is 35.5. The van der Waals surface area contributed by atoms with Crippen molar-refractivity contribution < 1.29 is 0 Å². The van der Waals surface area contributed by atoms with Gasteiger partial charge in [0, 0.05) is 6.04 Å². The second kappa shape index (κ2) is 4.46. The number of benzene rings is 1. The smallest absolute Gasteiger partial charge is 0.0640 e. The summed E-state index contributed by atoms with van der Waals surface area (Å²) in [5, 5.41) is 4.82. The fourth-order valence-electron chi connectivity index (χ4n) is 3.69. The number of halogens is 2. The van der Waals surface area contributed by atoms with Gasteiger partial charge in [0.15, 0.2) is 0 Å². The van der Waals surface area contributed by atoms with Crippen molar-refractivity contribution in [3.63, 3.8) is 0 Å². The number of rotatable bonds is 3. The van der Waals surface area contributed by atoms with Crippen LogP contribution in [0.15, 0.2) is 18.2 Å². The van der Waals surface area contributed by atoms with Crippen LogP contribution in [0, 0.1) is 17.8 Å². The van der Waals surface area contributed by atoms with E-state index in [1.54, 1.807) is 0 Å². The average molecular weight is 270 g/mol. The number of hydrogen-bond acceptors (Lipinski definition) is 1. The minimum atomic E-state index is 0.372. The van der Waals surface area contributed by atoms with Gasteiger partial charge in [-0.25, -0.2) is 0 Å². The predicted octanol–water partition coefficient (Wildman–Crippen LogP) is 4.30. The van der Waals surface area contributed by atoms with E-state index in [-0.39, 0.29) is 0 Å². The van der Waals surface area contributed by atoms with Gasteiger partial charge < -0.3 is 5.32 Å². The third-order valence-corrected chi connectivity index (χ3v) is 5.32. The quantitative estimate of drug-likeness (QED) is 0.863. The summed E-state index contributed by atoms with van der Waals surface area (Å²) in [5.74, 6) is 2.61. The minimum Gasteiger partial charge on any atom is -0.313 e. The van der Waals surface area contributed by atoms with Crippen LogP contribution in [-0.2, 0) is 0 Å². The van der Waals surface area contributed by atoms with Crippen molar-refractivity contribution in [2.45, 2.75) is 25.3 Å². The van der Waals surface area contributed by atoms with E-state index in [2.05, 4.69) is 11.4 Å². The van der Waals surface area contributed by atoms with Gasteiger partial charge in [0.1, 0.15) is 0 Å². The molecule has 3 rings (SSSR count). The molecule has 2 aliphatic rings. The Morgan fingerprint density at radius 1 is 1.24 bits per heavy atom. The fraction of sp³-hybridized carbons (Fsp3) is 0.571. The standard InChI is InChI=1S/C14H17Cl2N/c1-17-14(12-8-4-2-5-9(8)12)10-6-3-7-11(15)13(10)16/h3,6-9,12,14,17H,2,4-5H2,1H3. The van der Waals surface area contributed by atoms with E-state index >= 15 is 0 Å². The predicted molar refractivity (Wildman–Crippen MR) is 72.6 cm³/mol. The molecule has 0 aromatic heterocycles. The minimum absolute atomic E-state index is 0.372. The van der Waals surface area contributed by atoms with Gasteiger partial charge in [0.05, 0.1) is 10.0 Å². The summed E-state index contributed by atoms with van der Waals surface area (Å²) in [7, 11) is 2.02. The van der Waals surface area contributed by atoms with Gasteiger partial charge in [-0.3, -0.25) is 0 Å². The Hall–Kier alpha value is -0.240. The fourth-order valence-corrected chi connectivity index (χ4v) is 4.11. The Morgan fingerprint density at radius 3 is 2.59 bits per heavy atom. The van der Waals surface area contributed by atoms with Gasteiger partial charge in [0.25, 0.3) is 0 Å². The third-order valence-electron chi connectivity index (χ3n) is 4.49. The summed E-state index contributed by atoms with van der Waals surface area (Å²) in [6.45, 7) is 0. The Kier molecular flexibility index (Phi) is 3.10. The van der Waals surface area contributed by atoms with Crippen LogP contribution in [0.4, 0.5) is 0 Å². The van der Waals surface area contributed by atoms with Gasteiger partial charge in [-0.2, -0.15) is 0 Å². The summed E-state index contributed by atoms with van der Waals surface area (Å²) in [4.78, 5) is 0. The summed E-state index contributed by atoms with van der Waals surface area (Å²) < 4.78 is 0. The highest BCUT2D eigenvalue weighted by molar-refractivity contribution is 6.42. The second-order valence-corrected chi connectivity index (χ2v) is 6.03. The van der Waals surface area contributed by atoms with Crippen LogP contribution in [-0.4, -0.2) is 7.05 Å². The van der Waals surface area contributed by atoms with Crippen molar-refractivity contribution in [3.05, 3.63) is 33.8 Å². The van der Waals surface area contributed by atoms with Crippen molar-refractivity contribution in [2.75, 3.05) is 7.05 Å². The van der Waals surface area contributed by atoms with Gasteiger partial charge in [0.2, 0.25) is 0 Å². The lowest BCUT2D eigenvalue weighted by atomic mass is 9.97. The molecule has 0 spiro atoms. The van der Waals surface area contributed by atoms with E-state index in [0.29, 0.717) is 11.1 Å². The molecule has 2 saturated carbocycles. The lowest BCUT2D eigenvalue weighted by Crippen LogP contribution is -2.21. The lowest BCUT2D eigenvalue weighted by molar-refractivity contribution is 0.445. The van der Waals surface area contributed by atoms with Crippen LogP contribution >= 0.6 is 23.2 Å². The zero-order chi connectivity index (χ0) is 12.0. The first kappa shape index (κ1) is 11.8. The monoisotopic (exact) mass is 269 g/mol. The number of fused-ring (bicyclic) bond motifs is 1. The molecule has 1 aromatic carbocycles. The highest BCUT2D eigenvalue weighted by Gasteiger charge is 2.56. The first-order valence-electron chi connectivity index (χ1n) is 6.35. The Morgan fingerprint density at radius 2 is 1.94 bits per heavy atom. The van der Waals surface area contributed by atoms with E-state index in [1.165, 1.54) is 24.8 Å². The molecule has 3 atom stereocenters. The third kappa shape index (κ3) is 1.89. The SMILES string of the molecule is CNC(c1cccc(Cl)c1Cl)C1C2CCCC21. The van der Waals surface area contributed by atoms with Gasteiger partial charge in [-0.15, -0.1) is 0 Å².